The summed E-state index contributed by atoms with van der Waals surface area (Å²) in [6.07, 6.45) is 0.321. The van der Waals surface area contributed by atoms with Gasteiger partial charge in [-0.3, -0.25) is 14.6 Å². The van der Waals surface area contributed by atoms with Gasteiger partial charge in [0.25, 0.3) is 5.56 Å². The Morgan fingerprint density at radius 1 is 1.12 bits per heavy atom. The Kier molecular flexibility index (Phi) is 5.41. The number of H-pyrrole nitrogens is 2. The molecule has 8 nitrogen and oxygen atoms in total. The Morgan fingerprint density at radius 2 is 1.83 bits per heavy atom. The van der Waals surface area contributed by atoms with Gasteiger partial charge in [0.1, 0.15) is 0 Å². The van der Waals surface area contributed by atoms with Crippen molar-refractivity contribution in [2.75, 3.05) is 19.5 Å². The zero-order valence-corrected chi connectivity index (χ0v) is 13.7. The fraction of sp³-hybridized carbons (Fsp3) is 0.312. The molecule has 0 bridgehead atoms. The van der Waals surface area contributed by atoms with Crippen molar-refractivity contribution in [3.8, 4) is 11.5 Å². The summed E-state index contributed by atoms with van der Waals surface area (Å²) >= 11 is 0. The number of benzene rings is 1. The van der Waals surface area contributed by atoms with Crippen molar-refractivity contribution < 1.29 is 14.3 Å². The number of carbonyl (C=O) groups excluding carboxylic acids is 1. The van der Waals surface area contributed by atoms with E-state index < -0.39 is 11.2 Å². The molecule has 0 spiro atoms. The van der Waals surface area contributed by atoms with Crippen molar-refractivity contribution in [2.24, 2.45) is 0 Å². The normalized spacial score (nSPS) is 10.3. The number of amides is 1. The predicted molar refractivity (Wildman–Crippen MR) is 88.9 cm³/mol. The minimum absolute atomic E-state index is 0.101. The highest BCUT2D eigenvalue weighted by Crippen LogP contribution is 2.29. The summed E-state index contributed by atoms with van der Waals surface area (Å²) in [5, 5.41) is 2.73. The van der Waals surface area contributed by atoms with E-state index in [1.165, 1.54) is 14.2 Å². The first-order chi connectivity index (χ1) is 11.4. The molecule has 0 saturated heterocycles. The topological polar surface area (TPSA) is 113 Å². The Hall–Kier alpha value is -3.03. The molecule has 1 aromatic heterocycles. The average molecular weight is 333 g/mol. The highest BCUT2D eigenvalue weighted by Gasteiger charge is 2.11. The highest BCUT2D eigenvalue weighted by molar-refractivity contribution is 5.91. The fourth-order valence-corrected chi connectivity index (χ4v) is 2.30. The molecule has 0 aliphatic heterocycles. The number of aryl methyl sites for hydroxylation is 1. The van der Waals surface area contributed by atoms with Crippen LogP contribution in [-0.2, 0) is 11.2 Å². The zero-order valence-electron chi connectivity index (χ0n) is 13.7. The van der Waals surface area contributed by atoms with Crippen LogP contribution in [0.5, 0.6) is 11.5 Å². The van der Waals surface area contributed by atoms with Gasteiger partial charge in [-0.25, -0.2) is 4.79 Å². The third kappa shape index (κ3) is 4.03. The summed E-state index contributed by atoms with van der Waals surface area (Å²) < 4.78 is 10.3. The summed E-state index contributed by atoms with van der Waals surface area (Å²) in [5.74, 6) is 0.807. The van der Waals surface area contributed by atoms with Gasteiger partial charge in [0.05, 0.1) is 14.2 Å². The number of hydrogen-bond donors (Lipinski definition) is 3. The number of carbonyl (C=O) groups is 1. The van der Waals surface area contributed by atoms with Crippen LogP contribution in [0.1, 0.15) is 17.7 Å². The van der Waals surface area contributed by atoms with Crippen LogP contribution in [0.4, 0.5) is 5.69 Å². The maximum absolute atomic E-state index is 12.1. The third-order valence-electron chi connectivity index (χ3n) is 3.52. The van der Waals surface area contributed by atoms with Crippen molar-refractivity contribution in [1.29, 1.82) is 0 Å². The molecule has 0 fully saturated rings. The van der Waals surface area contributed by atoms with E-state index in [0.29, 0.717) is 28.4 Å². The van der Waals surface area contributed by atoms with Crippen molar-refractivity contribution in [2.45, 2.75) is 19.8 Å². The molecule has 2 rings (SSSR count). The number of anilines is 1. The number of aromatic nitrogens is 2. The van der Waals surface area contributed by atoms with Crippen LogP contribution in [0.25, 0.3) is 0 Å². The molecular formula is C16H19N3O5. The van der Waals surface area contributed by atoms with Crippen molar-refractivity contribution in [3.05, 3.63) is 50.3 Å². The molecule has 0 atom stereocenters. The van der Waals surface area contributed by atoms with Crippen LogP contribution in [0, 0.1) is 6.92 Å². The smallest absolute Gasteiger partial charge is 0.325 e. The molecule has 0 aliphatic rings. The van der Waals surface area contributed by atoms with E-state index in [-0.39, 0.29) is 18.7 Å². The second-order valence-electron chi connectivity index (χ2n) is 5.13. The van der Waals surface area contributed by atoms with E-state index in [1.54, 1.807) is 25.1 Å². The molecule has 8 heteroatoms. The Morgan fingerprint density at radius 3 is 2.46 bits per heavy atom. The van der Waals surface area contributed by atoms with Crippen LogP contribution in [-0.4, -0.2) is 30.1 Å². The molecule has 2 aromatic rings. The molecule has 0 radical (unpaired) electrons. The molecule has 1 heterocycles. The first kappa shape index (κ1) is 17.3. The van der Waals surface area contributed by atoms with Gasteiger partial charge < -0.3 is 19.8 Å². The summed E-state index contributed by atoms with van der Waals surface area (Å²) in [5.41, 5.74) is 0.371. The molecule has 1 aromatic carbocycles. The van der Waals surface area contributed by atoms with Crippen LogP contribution >= 0.6 is 0 Å². The highest BCUT2D eigenvalue weighted by atomic mass is 16.5. The van der Waals surface area contributed by atoms with Gasteiger partial charge in [0.15, 0.2) is 11.5 Å². The number of aromatic amines is 2. The first-order valence-corrected chi connectivity index (χ1v) is 7.28. The van der Waals surface area contributed by atoms with E-state index in [2.05, 4.69) is 15.3 Å². The summed E-state index contributed by atoms with van der Waals surface area (Å²) in [6, 6.07) is 5.03. The average Bonchev–Trinajstić information content (AvgIpc) is 2.53. The van der Waals surface area contributed by atoms with Gasteiger partial charge in [-0.1, -0.05) is 0 Å². The molecule has 0 unspecified atom stereocenters. The molecule has 24 heavy (non-hydrogen) atoms. The fourth-order valence-electron chi connectivity index (χ4n) is 2.30. The Balaban J connectivity index is 2.04. The standard InChI is InChI=1S/C16H19N3O5/c1-9-11(15(21)19-16(22)17-9)5-7-14(20)18-10-4-6-12(23-2)13(8-10)24-3/h4,6,8H,5,7H2,1-3H3,(H,18,20)(H2,17,19,21,22). The maximum Gasteiger partial charge on any atom is 0.325 e. The lowest BCUT2D eigenvalue weighted by molar-refractivity contribution is -0.116. The van der Waals surface area contributed by atoms with Crippen molar-refractivity contribution in [3.63, 3.8) is 0 Å². The lowest BCUT2D eigenvalue weighted by atomic mass is 10.1. The van der Waals surface area contributed by atoms with Gasteiger partial charge in [0.2, 0.25) is 5.91 Å². The quantitative estimate of drug-likeness (QED) is 0.729. The molecule has 1 amide bonds. The van der Waals surface area contributed by atoms with E-state index in [4.69, 9.17) is 9.47 Å². The molecular weight excluding hydrogens is 314 g/mol. The van der Waals surface area contributed by atoms with Crippen LogP contribution in [0.15, 0.2) is 27.8 Å². The van der Waals surface area contributed by atoms with E-state index in [1.807, 2.05) is 0 Å². The SMILES string of the molecule is COc1ccc(NC(=O)CCc2c(C)[nH]c(=O)[nH]c2=O)cc1OC. The second-order valence-corrected chi connectivity index (χ2v) is 5.13. The van der Waals surface area contributed by atoms with Crippen LogP contribution < -0.4 is 26.0 Å². The summed E-state index contributed by atoms with van der Waals surface area (Å²) in [6.45, 7) is 1.62. The van der Waals surface area contributed by atoms with Crippen molar-refractivity contribution in [1.82, 2.24) is 9.97 Å². The number of ether oxygens (including phenoxy) is 2. The largest absolute Gasteiger partial charge is 0.493 e. The second kappa shape index (κ2) is 7.49. The Bertz CT molecular complexity index is 854. The molecule has 0 aliphatic carbocycles. The lowest BCUT2D eigenvalue weighted by Crippen LogP contribution is -2.27. The van der Waals surface area contributed by atoms with Gasteiger partial charge in [-0.15, -0.1) is 0 Å². The molecule has 0 saturated carbocycles. The molecule has 128 valence electrons. The lowest BCUT2D eigenvalue weighted by Gasteiger charge is -2.10. The maximum atomic E-state index is 12.1. The predicted octanol–water partition coefficient (Wildman–Crippen LogP) is 0.960. The summed E-state index contributed by atoms with van der Waals surface area (Å²) in [4.78, 5) is 39.6. The van der Waals surface area contributed by atoms with E-state index in [0.717, 1.165) is 0 Å². The van der Waals surface area contributed by atoms with Crippen molar-refractivity contribution >= 4 is 11.6 Å². The number of rotatable bonds is 6. The number of methoxy groups -OCH3 is 2. The van der Waals surface area contributed by atoms with E-state index in [9.17, 15) is 14.4 Å². The summed E-state index contributed by atoms with van der Waals surface area (Å²) in [7, 11) is 3.04. The van der Waals surface area contributed by atoms with Crippen LogP contribution in [0.2, 0.25) is 0 Å². The van der Waals surface area contributed by atoms with E-state index >= 15 is 0 Å². The number of nitrogens with one attached hydrogen (secondary N) is 3. The minimum atomic E-state index is -0.559. The van der Waals surface area contributed by atoms with Gasteiger partial charge >= 0.3 is 5.69 Å². The van der Waals surface area contributed by atoms with Gasteiger partial charge in [0, 0.05) is 29.4 Å². The zero-order chi connectivity index (χ0) is 17.7. The molecule has 3 N–H and O–H groups in total. The van der Waals surface area contributed by atoms with Crippen LogP contribution in [0.3, 0.4) is 0 Å². The minimum Gasteiger partial charge on any atom is -0.493 e. The Labute approximate surface area is 137 Å². The van der Waals surface area contributed by atoms with Gasteiger partial charge in [-0.2, -0.15) is 0 Å². The third-order valence-corrected chi connectivity index (χ3v) is 3.52. The number of hydrogen-bond acceptors (Lipinski definition) is 5. The van der Waals surface area contributed by atoms with Gasteiger partial charge in [-0.05, 0) is 25.5 Å². The monoisotopic (exact) mass is 333 g/mol. The first-order valence-electron chi connectivity index (χ1n) is 7.28.